The molecule has 0 aliphatic heterocycles. The first-order chi connectivity index (χ1) is 23.0. The van der Waals surface area contributed by atoms with E-state index in [1.54, 1.807) is 42.6 Å². The number of benzene rings is 2. The fraction of sp³-hybridized carbons (Fsp3) is 0.176. The van der Waals surface area contributed by atoms with E-state index in [-0.39, 0.29) is 18.0 Å². The van der Waals surface area contributed by atoms with Crippen LogP contribution >= 0.6 is 11.6 Å². The van der Waals surface area contributed by atoms with Gasteiger partial charge in [-0.05, 0) is 57.4 Å². The van der Waals surface area contributed by atoms with Crippen molar-refractivity contribution in [2.75, 3.05) is 37.9 Å². The molecule has 0 fully saturated rings. The average Bonchev–Trinajstić information content (AvgIpc) is 3.04. The number of aliphatic carboxylic acids is 2. The Bertz CT molecular complexity index is 1840. The quantitative estimate of drug-likeness (QED) is 0.139. The van der Waals surface area contributed by atoms with Crippen molar-refractivity contribution < 1.29 is 39.5 Å². The number of anilines is 3. The van der Waals surface area contributed by atoms with Crippen LogP contribution in [0.25, 0.3) is 10.9 Å². The number of hydrogen-bond donors (Lipinski definition) is 4. The molecular formula is C34H35ClN6O8. The Morgan fingerprint density at radius 3 is 2.33 bits per heavy atom. The number of hydrogen-bond acceptors (Lipinski definition) is 10. The topological polar surface area (TPSA) is 218 Å². The summed E-state index contributed by atoms with van der Waals surface area (Å²) in [6, 6.07) is 16.6. The van der Waals surface area contributed by atoms with Gasteiger partial charge in [0.05, 0.1) is 39.8 Å². The molecule has 49 heavy (non-hydrogen) atoms. The average molecular weight is 691 g/mol. The number of ether oxygens (including phenoxy) is 2. The highest BCUT2D eigenvalue weighted by molar-refractivity contribution is 6.32. The predicted octanol–water partition coefficient (Wildman–Crippen LogP) is 4.82. The van der Waals surface area contributed by atoms with Crippen molar-refractivity contribution in [3.05, 3.63) is 102 Å². The monoisotopic (exact) mass is 690 g/mol. The van der Waals surface area contributed by atoms with Crippen LogP contribution < -0.4 is 20.1 Å². The molecule has 256 valence electrons. The Kier molecular flexibility index (Phi) is 15.7. The Labute approximate surface area is 287 Å². The van der Waals surface area contributed by atoms with Crippen LogP contribution in [-0.2, 0) is 21.0 Å². The van der Waals surface area contributed by atoms with Crippen LogP contribution in [0.2, 0.25) is 5.02 Å². The van der Waals surface area contributed by atoms with Gasteiger partial charge in [-0.15, -0.1) is 0 Å². The van der Waals surface area contributed by atoms with E-state index in [0.717, 1.165) is 5.69 Å². The molecule has 0 bridgehead atoms. The molecule has 0 aliphatic rings. The lowest BCUT2D eigenvalue weighted by atomic mass is 10.1. The summed E-state index contributed by atoms with van der Waals surface area (Å²) in [5.41, 5.74) is 3.33. The Balaban J connectivity index is 0.000000825. The highest BCUT2D eigenvalue weighted by atomic mass is 35.5. The number of carbonyl (C=O) groups is 3. The lowest BCUT2D eigenvalue weighted by Gasteiger charge is -2.16. The molecular weight excluding hydrogens is 656 g/mol. The van der Waals surface area contributed by atoms with Gasteiger partial charge >= 0.3 is 11.9 Å². The molecule has 2 aromatic heterocycles. The van der Waals surface area contributed by atoms with Gasteiger partial charge in [0, 0.05) is 54.3 Å². The molecule has 15 heteroatoms. The molecule has 0 spiro atoms. The van der Waals surface area contributed by atoms with E-state index in [2.05, 4.69) is 26.7 Å². The van der Waals surface area contributed by atoms with Crippen LogP contribution in [0.3, 0.4) is 0 Å². The molecule has 6 N–H and O–H groups in total. The van der Waals surface area contributed by atoms with Gasteiger partial charge in [-0.3, -0.25) is 14.8 Å². The third kappa shape index (κ3) is 12.6. The first-order valence-electron chi connectivity index (χ1n) is 14.4. The summed E-state index contributed by atoms with van der Waals surface area (Å²) in [5.74, 6) is -1.83. The molecule has 14 nitrogen and oxygen atoms in total. The maximum atomic E-state index is 12.6. The molecule has 1 amide bonds. The van der Waals surface area contributed by atoms with E-state index in [4.69, 9.17) is 31.3 Å². The van der Waals surface area contributed by atoms with Gasteiger partial charge in [0.25, 0.3) is 0 Å². The second kappa shape index (κ2) is 19.6. The number of aromatic nitrogens is 2. The maximum absolute atomic E-state index is 12.6. The van der Waals surface area contributed by atoms with E-state index in [9.17, 15) is 19.6 Å². The number of rotatable bonds is 13. The van der Waals surface area contributed by atoms with E-state index in [1.165, 1.54) is 12.3 Å². The third-order valence-corrected chi connectivity index (χ3v) is 6.35. The molecule has 0 radical (unpaired) electrons. The summed E-state index contributed by atoms with van der Waals surface area (Å²) in [6.45, 7) is 3.17. The van der Waals surface area contributed by atoms with Crippen LogP contribution in [0.15, 0.2) is 85.2 Å². The maximum Gasteiger partial charge on any atom is 0.328 e. The van der Waals surface area contributed by atoms with E-state index >= 15 is 0 Å². The predicted molar refractivity (Wildman–Crippen MR) is 185 cm³/mol. The third-order valence-electron chi connectivity index (χ3n) is 6.06. The van der Waals surface area contributed by atoms with Crippen LogP contribution in [-0.4, -0.2) is 75.6 Å². The van der Waals surface area contributed by atoms with Gasteiger partial charge in [-0.1, -0.05) is 23.7 Å². The van der Waals surface area contributed by atoms with Gasteiger partial charge < -0.3 is 40.7 Å². The fourth-order valence-electron chi connectivity index (χ4n) is 3.97. The number of nitrogens with zero attached hydrogens (tertiary/aromatic N) is 4. The number of nitriles is 1. The second-order valence-electron chi connectivity index (χ2n) is 10.0. The van der Waals surface area contributed by atoms with Crippen molar-refractivity contribution >= 4 is 57.4 Å². The number of carboxylic acid groups (broad SMARTS) is 2. The van der Waals surface area contributed by atoms with Crippen molar-refractivity contribution in [2.45, 2.75) is 13.5 Å². The van der Waals surface area contributed by atoms with Gasteiger partial charge in [0.2, 0.25) is 5.91 Å². The first kappa shape index (κ1) is 39.2. The Morgan fingerprint density at radius 1 is 1.00 bits per heavy atom. The fourth-order valence-corrected chi connectivity index (χ4v) is 4.21. The number of likely N-dealkylation sites (N-methyl/N-ethyl adjacent to an activating group) is 1. The zero-order valence-corrected chi connectivity index (χ0v) is 27.6. The summed E-state index contributed by atoms with van der Waals surface area (Å²) in [7, 11) is 3.84. The zero-order chi connectivity index (χ0) is 35.1. The molecule has 0 aliphatic carbocycles. The molecule has 4 aromatic rings. The number of amides is 1. The normalized spacial score (nSPS) is 10.5. The second-order valence-corrected chi connectivity index (χ2v) is 10.4. The van der Waals surface area contributed by atoms with Crippen LogP contribution in [0.1, 0.15) is 18.2 Å². The van der Waals surface area contributed by atoms with Crippen molar-refractivity contribution in [3.8, 4) is 17.6 Å². The van der Waals surface area contributed by atoms with Gasteiger partial charge in [-0.25, -0.2) is 9.59 Å². The molecule has 2 heterocycles. The largest absolute Gasteiger partial charge is 0.492 e. The summed E-state index contributed by atoms with van der Waals surface area (Å²) in [6.07, 6.45) is 7.56. The lowest BCUT2D eigenvalue weighted by Crippen LogP contribution is -2.13. The SMILES string of the molecule is CCOc1cc2ncc(C#N)c(Nc3ccc(OCc4ccccn4)c(Cl)c3)c2cc1NC(=O)C=CCN(C)C.O.O=C(O)/C=C\C(=O)O. The zero-order valence-electron chi connectivity index (χ0n) is 26.8. The van der Waals surface area contributed by atoms with Crippen LogP contribution in [0.5, 0.6) is 11.5 Å². The number of nitrogens with one attached hydrogen (secondary N) is 2. The van der Waals surface area contributed by atoms with Gasteiger partial charge in [-0.2, -0.15) is 5.26 Å². The van der Waals surface area contributed by atoms with E-state index in [0.29, 0.717) is 75.4 Å². The number of halogens is 1. The molecule has 0 atom stereocenters. The molecule has 2 aromatic carbocycles. The number of carbonyl (C=O) groups excluding carboxylic acids is 1. The summed E-state index contributed by atoms with van der Waals surface area (Å²) in [5, 5.41) is 32.7. The minimum atomic E-state index is -1.26. The van der Waals surface area contributed by atoms with Crippen molar-refractivity contribution in [3.63, 3.8) is 0 Å². The summed E-state index contributed by atoms with van der Waals surface area (Å²) in [4.78, 5) is 42.4. The smallest absolute Gasteiger partial charge is 0.328 e. The first-order valence-corrected chi connectivity index (χ1v) is 14.7. The Morgan fingerprint density at radius 2 is 1.73 bits per heavy atom. The van der Waals surface area contributed by atoms with E-state index in [1.807, 2.05) is 44.1 Å². The van der Waals surface area contributed by atoms with Gasteiger partial charge in [0.1, 0.15) is 24.2 Å². The molecule has 0 saturated heterocycles. The molecule has 4 rings (SSSR count). The van der Waals surface area contributed by atoms with Crippen molar-refractivity contribution in [2.24, 2.45) is 0 Å². The number of fused-ring (bicyclic) bond motifs is 1. The standard InChI is InChI=1S/C30H29ClN6O3.C4H4O4.H2O/c1-4-39-28-16-25-23(15-26(28)36-29(38)9-7-13-37(2)3)30(20(17-32)18-34-25)35-21-10-11-27(24(31)14-21)40-19-22-8-5-6-12-33-22;5-3(6)1-2-4(7)8;/h5-12,14-16,18H,4,13,19H2,1-3H3,(H,34,35)(H,36,38);1-2H,(H,5,6)(H,7,8);1H2/b;2-1-;. The van der Waals surface area contributed by atoms with Gasteiger partial charge in [0.15, 0.2) is 0 Å². The molecule has 0 unspecified atom stereocenters. The lowest BCUT2D eigenvalue weighted by molar-refractivity contribution is -0.134. The molecule has 0 saturated carbocycles. The van der Waals surface area contributed by atoms with Crippen molar-refractivity contribution in [1.82, 2.24) is 14.9 Å². The highest BCUT2D eigenvalue weighted by Crippen LogP contribution is 2.37. The summed E-state index contributed by atoms with van der Waals surface area (Å²) < 4.78 is 11.6. The van der Waals surface area contributed by atoms with Crippen LogP contribution in [0.4, 0.5) is 17.1 Å². The minimum absolute atomic E-state index is 0. The van der Waals surface area contributed by atoms with Crippen LogP contribution in [0, 0.1) is 11.3 Å². The Hall–Kier alpha value is -6.01. The van der Waals surface area contributed by atoms with Crippen molar-refractivity contribution in [1.29, 1.82) is 5.26 Å². The number of carboxylic acids is 2. The highest BCUT2D eigenvalue weighted by Gasteiger charge is 2.16. The summed E-state index contributed by atoms with van der Waals surface area (Å²) >= 11 is 6.52. The number of pyridine rings is 2. The minimum Gasteiger partial charge on any atom is -0.492 e. The van der Waals surface area contributed by atoms with E-state index < -0.39 is 11.9 Å².